The first-order valence-electron chi connectivity index (χ1n) is 4.77. The Kier molecular flexibility index (Phi) is 4.66. The lowest BCUT2D eigenvalue weighted by Crippen LogP contribution is -2.73. The lowest BCUT2D eigenvalue weighted by molar-refractivity contribution is 0.421. The van der Waals surface area contributed by atoms with Gasteiger partial charge in [-0.2, -0.15) is 0 Å². The zero-order valence-electron chi connectivity index (χ0n) is 9.90. The van der Waals surface area contributed by atoms with Crippen molar-refractivity contribution in [3.05, 3.63) is 0 Å². The summed E-state index contributed by atoms with van der Waals surface area (Å²) in [5.74, 6) is 0. The van der Waals surface area contributed by atoms with Gasteiger partial charge in [0, 0.05) is 0 Å². The highest BCUT2D eigenvalue weighted by Gasteiger charge is 2.46. The molecule has 0 aliphatic rings. The third-order valence-corrected chi connectivity index (χ3v) is 20.1. The number of hydrogen-bond donors (Lipinski definition) is 1. The summed E-state index contributed by atoms with van der Waals surface area (Å²) < 4.78 is 5.55. The summed E-state index contributed by atoms with van der Waals surface area (Å²) in [7, 11) is -0.634. The summed E-state index contributed by atoms with van der Waals surface area (Å²) in [4.78, 5) is 0. The van der Waals surface area contributed by atoms with Crippen molar-refractivity contribution in [3.8, 4) is 0 Å². The second kappa shape index (κ2) is 4.44. The first-order valence-corrected chi connectivity index (χ1v) is 12.1. The smallest absolute Gasteiger partial charge is 0.200 e. The van der Waals surface area contributed by atoms with E-state index in [2.05, 4.69) is 56.2 Å². The van der Waals surface area contributed by atoms with Crippen molar-refractivity contribution >= 4 is 27.3 Å². The summed E-state index contributed by atoms with van der Waals surface area (Å²) in [6.45, 7) is 13.9. The molecule has 2 nitrogen and oxygen atoms in total. The summed E-state index contributed by atoms with van der Waals surface area (Å²) in [6.07, 6.45) is 0. The molecule has 0 aliphatic heterocycles. The van der Waals surface area contributed by atoms with Gasteiger partial charge >= 0.3 is 0 Å². The molecule has 5 heteroatoms. The predicted molar refractivity (Wildman–Crippen MR) is 66.9 cm³/mol. The van der Waals surface area contributed by atoms with Gasteiger partial charge in [0.15, 0.2) is 0 Å². The Morgan fingerprint density at radius 1 is 1.15 bits per heavy atom. The molecule has 0 aromatic heterocycles. The van der Waals surface area contributed by atoms with Gasteiger partial charge in [0.1, 0.15) is 0 Å². The van der Waals surface area contributed by atoms with Gasteiger partial charge in [-0.1, -0.05) is 33.5 Å². The first kappa shape index (κ1) is 13.6. The molecule has 0 aromatic carbocycles. The van der Waals surface area contributed by atoms with Crippen molar-refractivity contribution in [2.24, 2.45) is 0 Å². The van der Waals surface area contributed by atoms with Gasteiger partial charge < -0.3 is 4.57 Å². The largest absolute Gasteiger partial charge is 0.314 e. The summed E-state index contributed by atoms with van der Waals surface area (Å²) in [5, 5.41) is 0. The third-order valence-electron chi connectivity index (χ3n) is 3.12. The Bertz CT molecular complexity index is 170. The van der Waals surface area contributed by atoms with Crippen LogP contribution in [0.1, 0.15) is 13.8 Å². The molecular weight excluding hydrogens is 216 g/mol. The minimum Gasteiger partial charge on any atom is -0.314 e. The van der Waals surface area contributed by atoms with E-state index in [1.807, 2.05) is 0 Å². The van der Waals surface area contributed by atoms with Gasteiger partial charge in [0.2, 0.25) is 7.91 Å². The fraction of sp³-hybridized carbons (Fsp3) is 1.00. The number of hydrogen-bond acceptors (Lipinski definition) is 2. The monoisotopic (exact) mass is 238 g/mol. The quantitative estimate of drug-likeness (QED) is 0.599. The highest BCUT2D eigenvalue weighted by Crippen LogP contribution is 2.21. The standard InChI is InChI=1S/C8H23ClN2Si2/c1-8(2)11(3)13(7,10-9)12(4,5)6/h8,10H,1-7H3. The number of halogens is 1. The maximum Gasteiger partial charge on any atom is 0.200 e. The van der Waals surface area contributed by atoms with Crippen LogP contribution in [0.4, 0.5) is 0 Å². The van der Waals surface area contributed by atoms with E-state index in [1.165, 1.54) is 0 Å². The fourth-order valence-electron chi connectivity index (χ4n) is 1.25. The Hall–Kier alpha value is 0.644. The topological polar surface area (TPSA) is 15.3 Å². The highest BCUT2D eigenvalue weighted by molar-refractivity contribution is 7.39. The molecule has 0 amide bonds. The van der Waals surface area contributed by atoms with Crippen LogP contribution in [0.25, 0.3) is 0 Å². The van der Waals surface area contributed by atoms with E-state index in [9.17, 15) is 0 Å². The van der Waals surface area contributed by atoms with Gasteiger partial charge in [-0.05, 0) is 31.4 Å². The summed E-state index contributed by atoms with van der Waals surface area (Å²) in [5.41, 5.74) is 0. The molecule has 1 atom stereocenters. The summed E-state index contributed by atoms with van der Waals surface area (Å²) >= 11 is 5.94. The molecule has 0 radical (unpaired) electrons. The highest BCUT2D eigenvalue weighted by atomic mass is 35.5. The average molecular weight is 239 g/mol. The Morgan fingerprint density at radius 3 is 1.62 bits per heavy atom. The second-order valence-electron chi connectivity index (χ2n) is 5.12. The zero-order valence-corrected chi connectivity index (χ0v) is 12.7. The molecule has 0 fully saturated rings. The van der Waals surface area contributed by atoms with Crippen LogP contribution < -0.4 is 4.50 Å². The van der Waals surface area contributed by atoms with Crippen LogP contribution in [0.2, 0.25) is 26.2 Å². The number of nitrogens with one attached hydrogen (secondary N) is 1. The van der Waals surface area contributed by atoms with Crippen LogP contribution in [-0.2, 0) is 0 Å². The molecule has 1 unspecified atom stereocenters. The van der Waals surface area contributed by atoms with Crippen molar-refractivity contribution in [1.82, 2.24) is 9.07 Å². The van der Waals surface area contributed by atoms with Crippen LogP contribution in [0.3, 0.4) is 0 Å². The minimum absolute atomic E-state index is 0.564. The van der Waals surface area contributed by atoms with Crippen LogP contribution in [0.5, 0.6) is 0 Å². The Labute approximate surface area is 89.7 Å². The molecule has 0 heterocycles. The van der Waals surface area contributed by atoms with Gasteiger partial charge in [-0.15, -0.1) is 0 Å². The van der Waals surface area contributed by atoms with Crippen LogP contribution in [0, 0.1) is 0 Å². The van der Waals surface area contributed by atoms with Gasteiger partial charge in [-0.25, -0.2) is 4.50 Å². The zero-order chi connectivity index (χ0) is 10.9. The average Bonchev–Trinajstić information content (AvgIpc) is 1.99. The lowest BCUT2D eigenvalue weighted by Gasteiger charge is -2.45. The molecule has 1 N–H and O–H groups in total. The Balaban J connectivity index is 4.84. The molecule has 80 valence electrons. The molecule has 13 heavy (non-hydrogen) atoms. The third kappa shape index (κ3) is 2.79. The molecule has 0 saturated carbocycles. The van der Waals surface area contributed by atoms with E-state index in [-0.39, 0.29) is 0 Å². The first-order chi connectivity index (χ1) is 5.66. The van der Waals surface area contributed by atoms with Crippen LogP contribution in [0.15, 0.2) is 0 Å². The van der Waals surface area contributed by atoms with Crippen LogP contribution in [-0.4, -0.2) is 33.2 Å². The molecule has 0 bridgehead atoms. The van der Waals surface area contributed by atoms with Gasteiger partial charge in [-0.3, -0.25) is 0 Å². The van der Waals surface area contributed by atoms with E-state index >= 15 is 0 Å². The molecule has 0 spiro atoms. The van der Waals surface area contributed by atoms with Crippen molar-refractivity contribution in [1.29, 1.82) is 0 Å². The molecule has 0 rings (SSSR count). The van der Waals surface area contributed by atoms with E-state index < -0.39 is 15.5 Å². The van der Waals surface area contributed by atoms with Crippen molar-refractivity contribution in [2.45, 2.75) is 46.1 Å². The SMILES string of the molecule is CC(C)N(C)[Si](C)(NCl)[Si](C)(C)C. The molecule has 0 aliphatic carbocycles. The number of nitrogens with zero attached hydrogens (tertiary/aromatic N) is 1. The maximum atomic E-state index is 5.94. The van der Waals surface area contributed by atoms with Gasteiger partial charge in [0.05, 0.1) is 7.59 Å². The number of rotatable bonds is 4. The predicted octanol–water partition coefficient (Wildman–Crippen LogP) is 2.56. The molecular formula is C8H23ClN2Si2. The normalized spacial score (nSPS) is 18.0. The molecule has 0 saturated heterocycles. The second-order valence-corrected chi connectivity index (χ2v) is 20.6. The van der Waals surface area contributed by atoms with E-state index in [1.54, 1.807) is 0 Å². The van der Waals surface area contributed by atoms with E-state index in [4.69, 9.17) is 11.8 Å². The maximum absolute atomic E-state index is 5.94. The molecule has 0 aromatic rings. The van der Waals surface area contributed by atoms with Crippen LogP contribution >= 0.6 is 11.8 Å². The summed E-state index contributed by atoms with van der Waals surface area (Å²) in [6, 6.07) is 0.564. The van der Waals surface area contributed by atoms with Crippen molar-refractivity contribution in [2.75, 3.05) is 7.05 Å². The van der Waals surface area contributed by atoms with Gasteiger partial charge in [0.25, 0.3) is 0 Å². The van der Waals surface area contributed by atoms with Crippen molar-refractivity contribution in [3.63, 3.8) is 0 Å². The van der Waals surface area contributed by atoms with E-state index in [0.717, 1.165) is 0 Å². The van der Waals surface area contributed by atoms with E-state index in [0.29, 0.717) is 6.04 Å². The Morgan fingerprint density at radius 2 is 1.54 bits per heavy atom. The fourth-order valence-corrected chi connectivity index (χ4v) is 11.5. The lowest BCUT2D eigenvalue weighted by atomic mass is 10.4. The minimum atomic E-state index is -1.60. The van der Waals surface area contributed by atoms with Crippen molar-refractivity contribution < 1.29 is 0 Å².